The topological polar surface area (TPSA) is 41.6 Å². The SMILES string of the molecule is CCOC(=O)C(NC1CCN(C)CC1C)c1ccccc1. The standard InChI is InChI=1S/C17H26N2O2/c1-4-21-17(20)16(14-8-6-5-7-9-14)18-15-10-11-19(3)12-13(15)2/h5-9,13,15-16,18H,4,10-12H2,1-3H3. The largest absolute Gasteiger partial charge is 0.465 e. The van der Waals surface area contributed by atoms with E-state index in [1.54, 1.807) is 0 Å². The molecule has 0 aromatic heterocycles. The van der Waals surface area contributed by atoms with Gasteiger partial charge < -0.3 is 9.64 Å². The molecule has 0 saturated carbocycles. The fourth-order valence-corrected chi connectivity index (χ4v) is 2.99. The smallest absolute Gasteiger partial charge is 0.327 e. The molecule has 1 heterocycles. The highest BCUT2D eigenvalue weighted by atomic mass is 16.5. The van der Waals surface area contributed by atoms with E-state index in [1.165, 1.54) is 0 Å². The lowest BCUT2D eigenvalue weighted by atomic mass is 9.92. The van der Waals surface area contributed by atoms with Gasteiger partial charge in [-0.05, 0) is 38.4 Å². The summed E-state index contributed by atoms with van der Waals surface area (Å²) < 4.78 is 5.24. The molecule has 4 nitrogen and oxygen atoms in total. The molecule has 2 rings (SSSR count). The average molecular weight is 290 g/mol. The number of carbonyl (C=O) groups excluding carboxylic acids is 1. The Balaban J connectivity index is 2.11. The summed E-state index contributed by atoms with van der Waals surface area (Å²) in [7, 11) is 2.15. The van der Waals surface area contributed by atoms with E-state index in [0.717, 1.165) is 25.1 Å². The van der Waals surface area contributed by atoms with Gasteiger partial charge in [0, 0.05) is 12.6 Å². The summed E-state index contributed by atoms with van der Waals surface area (Å²) in [6, 6.07) is 9.81. The zero-order chi connectivity index (χ0) is 15.2. The Bertz CT molecular complexity index is 449. The lowest BCUT2D eigenvalue weighted by Gasteiger charge is -2.37. The number of esters is 1. The van der Waals surface area contributed by atoms with Crippen molar-refractivity contribution < 1.29 is 9.53 Å². The molecule has 1 fully saturated rings. The van der Waals surface area contributed by atoms with Crippen molar-refractivity contribution in [1.29, 1.82) is 0 Å². The molecule has 1 saturated heterocycles. The summed E-state index contributed by atoms with van der Waals surface area (Å²) >= 11 is 0. The van der Waals surface area contributed by atoms with Gasteiger partial charge in [0.1, 0.15) is 6.04 Å². The number of piperidine rings is 1. The number of benzene rings is 1. The van der Waals surface area contributed by atoms with Crippen LogP contribution in [0.25, 0.3) is 0 Å². The van der Waals surface area contributed by atoms with E-state index in [2.05, 4.69) is 24.2 Å². The van der Waals surface area contributed by atoms with Crippen LogP contribution in [0.15, 0.2) is 30.3 Å². The number of hydrogen-bond acceptors (Lipinski definition) is 4. The van der Waals surface area contributed by atoms with Crippen molar-refractivity contribution in [3.63, 3.8) is 0 Å². The molecular weight excluding hydrogens is 264 g/mol. The first-order valence-corrected chi connectivity index (χ1v) is 7.78. The Morgan fingerprint density at radius 2 is 2.14 bits per heavy atom. The first-order valence-electron chi connectivity index (χ1n) is 7.78. The summed E-state index contributed by atoms with van der Waals surface area (Å²) in [6.07, 6.45) is 1.06. The highest BCUT2D eigenvalue weighted by Gasteiger charge is 2.30. The quantitative estimate of drug-likeness (QED) is 0.844. The Labute approximate surface area is 127 Å². The van der Waals surface area contributed by atoms with Gasteiger partial charge in [-0.15, -0.1) is 0 Å². The maximum absolute atomic E-state index is 12.3. The molecule has 0 spiro atoms. The molecule has 116 valence electrons. The van der Waals surface area contributed by atoms with Crippen LogP contribution in [0.1, 0.15) is 31.9 Å². The van der Waals surface area contributed by atoms with Crippen LogP contribution in [0.2, 0.25) is 0 Å². The zero-order valence-electron chi connectivity index (χ0n) is 13.2. The van der Waals surface area contributed by atoms with Gasteiger partial charge in [-0.25, -0.2) is 4.79 Å². The highest BCUT2D eigenvalue weighted by molar-refractivity contribution is 5.77. The van der Waals surface area contributed by atoms with Crippen LogP contribution in [-0.2, 0) is 9.53 Å². The van der Waals surface area contributed by atoms with E-state index in [9.17, 15) is 4.79 Å². The maximum atomic E-state index is 12.3. The third-order valence-corrected chi connectivity index (χ3v) is 4.14. The van der Waals surface area contributed by atoms with Crippen molar-refractivity contribution in [1.82, 2.24) is 10.2 Å². The van der Waals surface area contributed by atoms with Gasteiger partial charge in [-0.3, -0.25) is 5.32 Å². The lowest BCUT2D eigenvalue weighted by molar-refractivity contribution is -0.146. The molecule has 21 heavy (non-hydrogen) atoms. The molecule has 1 aliphatic rings. The second-order valence-corrected chi connectivity index (χ2v) is 5.90. The molecule has 0 radical (unpaired) electrons. The second-order valence-electron chi connectivity index (χ2n) is 5.90. The minimum absolute atomic E-state index is 0.185. The molecule has 0 bridgehead atoms. The van der Waals surface area contributed by atoms with E-state index in [4.69, 9.17) is 4.74 Å². The van der Waals surface area contributed by atoms with Crippen molar-refractivity contribution in [3.8, 4) is 0 Å². The van der Waals surface area contributed by atoms with Gasteiger partial charge in [0.15, 0.2) is 0 Å². The highest BCUT2D eigenvalue weighted by Crippen LogP contribution is 2.21. The van der Waals surface area contributed by atoms with Gasteiger partial charge in [0.05, 0.1) is 6.61 Å². The summed E-state index contributed by atoms with van der Waals surface area (Å²) in [4.78, 5) is 14.6. The monoisotopic (exact) mass is 290 g/mol. The summed E-state index contributed by atoms with van der Waals surface area (Å²) in [6.45, 7) is 6.61. The van der Waals surface area contributed by atoms with E-state index in [-0.39, 0.29) is 12.0 Å². The summed E-state index contributed by atoms with van der Waals surface area (Å²) in [5, 5.41) is 3.53. The molecule has 3 atom stereocenters. The Morgan fingerprint density at radius 1 is 1.43 bits per heavy atom. The molecule has 0 aliphatic carbocycles. The Morgan fingerprint density at radius 3 is 2.76 bits per heavy atom. The minimum atomic E-state index is -0.373. The van der Waals surface area contributed by atoms with Crippen LogP contribution in [0, 0.1) is 5.92 Å². The fourth-order valence-electron chi connectivity index (χ4n) is 2.99. The third-order valence-electron chi connectivity index (χ3n) is 4.14. The van der Waals surface area contributed by atoms with E-state index >= 15 is 0 Å². The molecule has 1 aromatic rings. The van der Waals surface area contributed by atoms with Crippen molar-refractivity contribution in [2.24, 2.45) is 5.92 Å². The van der Waals surface area contributed by atoms with Crippen LogP contribution >= 0.6 is 0 Å². The molecule has 4 heteroatoms. The third kappa shape index (κ3) is 4.29. The van der Waals surface area contributed by atoms with Gasteiger partial charge >= 0.3 is 5.97 Å². The number of carbonyl (C=O) groups is 1. The molecule has 1 aliphatic heterocycles. The second kappa shape index (κ2) is 7.57. The fraction of sp³-hybridized carbons (Fsp3) is 0.588. The van der Waals surface area contributed by atoms with Gasteiger partial charge in [0.2, 0.25) is 0 Å². The van der Waals surface area contributed by atoms with Crippen molar-refractivity contribution in [2.75, 3.05) is 26.7 Å². The first kappa shape index (κ1) is 16.0. The number of likely N-dealkylation sites (tertiary alicyclic amines) is 1. The van der Waals surface area contributed by atoms with E-state index in [1.807, 2.05) is 37.3 Å². The van der Waals surface area contributed by atoms with Crippen molar-refractivity contribution in [2.45, 2.75) is 32.4 Å². The van der Waals surface area contributed by atoms with Crippen LogP contribution in [0.3, 0.4) is 0 Å². The summed E-state index contributed by atoms with van der Waals surface area (Å²) in [5.74, 6) is 0.333. The van der Waals surface area contributed by atoms with Gasteiger partial charge in [0.25, 0.3) is 0 Å². The number of rotatable bonds is 5. The van der Waals surface area contributed by atoms with Crippen molar-refractivity contribution >= 4 is 5.97 Å². The lowest BCUT2D eigenvalue weighted by Crippen LogP contribution is -2.49. The number of nitrogens with one attached hydrogen (secondary N) is 1. The molecular formula is C17H26N2O2. The van der Waals surface area contributed by atoms with Crippen LogP contribution in [-0.4, -0.2) is 43.7 Å². The predicted octanol–water partition coefficient (Wildman–Crippen LogP) is 2.22. The van der Waals surface area contributed by atoms with E-state index in [0.29, 0.717) is 18.6 Å². The van der Waals surface area contributed by atoms with Gasteiger partial charge in [-0.1, -0.05) is 37.3 Å². The first-order chi connectivity index (χ1) is 10.1. The van der Waals surface area contributed by atoms with Crippen molar-refractivity contribution in [3.05, 3.63) is 35.9 Å². The van der Waals surface area contributed by atoms with Crippen LogP contribution in [0.4, 0.5) is 0 Å². The van der Waals surface area contributed by atoms with Gasteiger partial charge in [-0.2, -0.15) is 0 Å². The molecule has 0 amide bonds. The summed E-state index contributed by atoms with van der Waals surface area (Å²) in [5.41, 5.74) is 0.974. The number of nitrogens with zero attached hydrogens (tertiary/aromatic N) is 1. The Kier molecular flexibility index (Phi) is 5.76. The molecule has 3 unspecified atom stereocenters. The average Bonchev–Trinajstić information content (AvgIpc) is 2.47. The number of ether oxygens (including phenoxy) is 1. The van der Waals surface area contributed by atoms with Crippen LogP contribution < -0.4 is 5.32 Å². The molecule has 1 aromatic carbocycles. The predicted molar refractivity (Wildman–Crippen MR) is 84.0 cm³/mol. The normalized spacial score (nSPS) is 24.5. The molecule has 1 N–H and O–H groups in total. The number of hydrogen-bond donors (Lipinski definition) is 1. The minimum Gasteiger partial charge on any atom is -0.465 e. The Hall–Kier alpha value is -1.39. The maximum Gasteiger partial charge on any atom is 0.327 e. The van der Waals surface area contributed by atoms with E-state index < -0.39 is 0 Å². The zero-order valence-corrected chi connectivity index (χ0v) is 13.2. The van der Waals surface area contributed by atoms with Crippen LogP contribution in [0.5, 0.6) is 0 Å².